The van der Waals surface area contributed by atoms with Gasteiger partial charge >= 0.3 is 0 Å². The third kappa shape index (κ3) is 2.13. The molecule has 0 radical (unpaired) electrons. The minimum Gasteiger partial charge on any atom is -0.369 e. The fraction of sp³-hybridized carbons (Fsp3) is 0.200. The zero-order valence-electron chi connectivity index (χ0n) is 8.16. The van der Waals surface area contributed by atoms with Crippen LogP contribution in [0, 0.1) is 0 Å². The molecule has 0 spiro atoms. The van der Waals surface area contributed by atoms with Gasteiger partial charge in [-0.2, -0.15) is 0 Å². The second-order valence-corrected chi connectivity index (χ2v) is 3.28. The molecule has 0 fully saturated rings. The fourth-order valence-corrected chi connectivity index (χ4v) is 1.48. The SMILES string of the molecule is NC(=O)CNCc1c[nH]c2ncccc12. The summed E-state index contributed by atoms with van der Waals surface area (Å²) in [6, 6.07) is 3.87. The van der Waals surface area contributed by atoms with Gasteiger partial charge in [0.15, 0.2) is 0 Å². The summed E-state index contributed by atoms with van der Waals surface area (Å²) in [5.74, 6) is -0.354. The van der Waals surface area contributed by atoms with Crippen molar-refractivity contribution in [2.24, 2.45) is 5.73 Å². The molecular weight excluding hydrogens is 192 g/mol. The number of nitrogens with zero attached hydrogens (tertiary/aromatic N) is 1. The van der Waals surface area contributed by atoms with Gasteiger partial charge in [-0.15, -0.1) is 0 Å². The lowest BCUT2D eigenvalue weighted by Gasteiger charge is -1.99. The van der Waals surface area contributed by atoms with Crippen molar-refractivity contribution in [1.29, 1.82) is 0 Å². The Kier molecular flexibility index (Phi) is 2.64. The molecule has 2 rings (SSSR count). The first-order valence-corrected chi connectivity index (χ1v) is 4.67. The molecule has 0 saturated carbocycles. The zero-order chi connectivity index (χ0) is 10.7. The van der Waals surface area contributed by atoms with Gasteiger partial charge in [0.1, 0.15) is 5.65 Å². The van der Waals surface area contributed by atoms with Crippen molar-refractivity contribution < 1.29 is 4.79 Å². The van der Waals surface area contributed by atoms with E-state index in [2.05, 4.69) is 15.3 Å². The summed E-state index contributed by atoms with van der Waals surface area (Å²) >= 11 is 0. The van der Waals surface area contributed by atoms with Gasteiger partial charge in [-0.1, -0.05) is 0 Å². The largest absolute Gasteiger partial charge is 0.369 e. The Bertz CT molecular complexity index is 477. The summed E-state index contributed by atoms with van der Waals surface area (Å²) in [5.41, 5.74) is 6.96. The highest BCUT2D eigenvalue weighted by molar-refractivity contribution is 5.79. The molecule has 15 heavy (non-hydrogen) atoms. The number of rotatable bonds is 4. The fourth-order valence-electron chi connectivity index (χ4n) is 1.48. The van der Waals surface area contributed by atoms with Crippen LogP contribution >= 0.6 is 0 Å². The van der Waals surface area contributed by atoms with Crippen LogP contribution in [0.15, 0.2) is 24.5 Å². The number of amides is 1. The van der Waals surface area contributed by atoms with Crippen LogP contribution in [-0.2, 0) is 11.3 Å². The van der Waals surface area contributed by atoms with E-state index >= 15 is 0 Å². The number of H-pyrrole nitrogens is 1. The number of nitrogens with one attached hydrogen (secondary N) is 2. The minimum absolute atomic E-state index is 0.187. The lowest BCUT2D eigenvalue weighted by molar-refractivity contribution is -0.117. The number of hydrogen-bond donors (Lipinski definition) is 3. The summed E-state index contributed by atoms with van der Waals surface area (Å²) in [6.07, 6.45) is 3.62. The third-order valence-electron chi connectivity index (χ3n) is 2.15. The number of primary amides is 1. The number of carbonyl (C=O) groups excluding carboxylic acids is 1. The van der Waals surface area contributed by atoms with Gasteiger partial charge in [-0.05, 0) is 17.7 Å². The van der Waals surface area contributed by atoms with E-state index in [1.165, 1.54) is 0 Å². The van der Waals surface area contributed by atoms with E-state index in [0.29, 0.717) is 6.54 Å². The Morgan fingerprint density at radius 3 is 3.27 bits per heavy atom. The first-order chi connectivity index (χ1) is 7.27. The standard InChI is InChI=1S/C10H12N4O/c11-9(15)6-12-4-7-5-14-10-8(7)2-1-3-13-10/h1-3,5,12H,4,6H2,(H2,11,15)(H,13,14). The van der Waals surface area contributed by atoms with Crippen LogP contribution < -0.4 is 11.1 Å². The van der Waals surface area contributed by atoms with E-state index < -0.39 is 0 Å². The van der Waals surface area contributed by atoms with Gasteiger partial charge in [0.2, 0.25) is 5.91 Å². The van der Waals surface area contributed by atoms with Gasteiger partial charge in [-0.3, -0.25) is 4.79 Å². The lowest BCUT2D eigenvalue weighted by atomic mass is 10.2. The van der Waals surface area contributed by atoms with Gasteiger partial charge in [-0.25, -0.2) is 4.98 Å². The van der Waals surface area contributed by atoms with Crippen LogP contribution in [-0.4, -0.2) is 22.4 Å². The molecule has 0 unspecified atom stereocenters. The number of nitrogens with two attached hydrogens (primary N) is 1. The maximum absolute atomic E-state index is 10.5. The molecule has 2 heterocycles. The van der Waals surface area contributed by atoms with E-state index in [9.17, 15) is 4.79 Å². The first kappa shape index (κ1) is 9.67. The first-order valence-electron chi connectivity index (χ1n) is 4.67. The molecule has 4 N–H and O–H groups in total. The van der Waals surface area contributed by atoms with E-state index in [4.69, 9.17) is 5.73 Å². The second kappa shape index (κ2) is 4.10. The summed E-state index contributed by atoms with van der Waals surface area (Å²) in [5, 5.41) is 4.02. The van der Waals surface area contributed by atoms with Crippen LogP contribution in [0.2, 0.25) is 0 Å². The molecule has 78 valence electrons. The van der Waals surface area contributed by atoms with E-state index in [0.717, 1.165) is 16.6 Å². The van der Waals surface area contributed by atoms with Crippen LogP contribution in [0.1, 0.15) is 5.56 Å². The molecule has 0 aliphatic carbocycles. The number of aromatic nitrogens is 2. The molecule has 1 amide bonds. The van der Waals surface area contributed by atoms with Crippen molar-refractivity contribution in [1.82, 2.24) is 15.3 Å². The number of fused-ring (bicyclic) bond motifs is 1. The van der Waals surface area contributed by atoms with Crippen LogP contribution in [0.25, 0.3) is 11.0 Å². The number of pyridine rings is 1. The minimum atomic E-state index is -0.354. The monoisotopic (exact) mass is 204 g/mol. The highest BCUT2D eigenvalue weighted by atomic mass is 16.1. The second-order valence-electron chi connectivity index (χ2n) is 3.28. The zero-order valence-corrected chi connectivity index (χ0v) is 8.16. The molecule has 5 nitrogen and oxygen atoms in total. The molecule has 0 aromatic carbocycles. The predicted molar refractivity (Wildman–Crippen MR) is 57.0 cm³/mol. The summed E-state index contributed by atoms with van der Waals surface area (Å²) in [7, 11) is 0. The molecule has 0 atom stereocenters. The van der Waals surface area contributed by atoms with Crippen molar-refractivity contribution in [2.45, 2.75) is 6.54 Å². The molecule has 0 bridgehead atoms. The van der Waals surface area contributed by atoms with Crippen molar-refractivity contribution in [3.63, 3.8) is 0 Å². The summed E-state index contributed by atoms with van der Waals surface area (Å²) in [6.45, 7) is 0.793. The Labute approximate surface area is 86.7 Å². The normalized spacial score (nSPS) is 10.7. The van der Waals surface area contributed by atoms with Gasteiger partial charge < -0.3 is 16.0 Å². The molecule has 2 aromatic rings. The molecular formula is C10H12N4O. The number of hydrogen-bond acceptors (Lipinski definition) is 3. The highest BCUT2D eigenvalue weighted by Gasteiger charge is 2.03. The van der Waals surface area contributed by atoms with E-state index in [-0.39, 0.29) is 12.5 Å². The molecule has 0 aliphatic rings. The quantitative estimate of drug-likeness (QED) is 0.662. The Morgan fingerprint density at radius 1 is 1.60 bits per heavy atom. The van der Waals surface area contributed by atoms with Crippen molar-refractivity contribution >= 4 is 16.9 Å². The van der Waals surface area contributed by atoms with Crippen LogP contribution in [0.4, 0.5) is 0 Å². The smallest absolute Gasteiger partial charge is 0.231 e. The van der Waals surface area contributed by atoms with Crippen molar-refractivity contribution in [3.05, 3.63) is 30.1 Å². The maximum atomic E-state index is 10.5. The predicted octanol–water partition coefficient (Wildman–Crippen LogP) is 0.138. The molecule has 0 saturated heterocycles. The molecule has 0 aliphatic heterocycles. The average molecular weight is 204 g/mol. The van der Waals surface area contributed by atoms with E-state index in [1.807, 2.05) is 18.3 Å². The van der Waals surface area contributed by atoms with Crippen LogP contribution in [0.3, 0.4) is 0 Å². The van der Waals surface area contributed by atoms with Crippen molar-refractivity contribution in [2.75, 3.05) is 6.54 Å². The maximum Gasteiger partial charge on any atom is 0.231 e. The Balaban J connectivity index is 2.11. The Morgan fingerprint density at radius 2 is 2.47 bits per heavy atom. The summed E-state index contributed by atoms with van der Waals surface area (Å²) in [4.78, 5) is 17.8. The van der Waals surface area contributed by atoms with Gasteiger partial charge in [0, 0.05) is 24.3 Å². The van der Waals surface area contributed by atoms with Gasteiger partial charge in [0.25, 0.3) is 0 Å². The molecule has 5 heteroatoms. The molecule has 2 aromatic heterocycles. The van der Waals surface area contributed by atoms with E-state index in [1.54, 1.807) is 6.20 Å². The number of aromatic amines is 1. The van der Waals surface area contributed by atoms with Crippen molar-refractivity contribution in [3.8, 4) is 0 Å². The Hall–Kier alpha value is -1.88. The number of carbonyl (C=O) groups is 1. The highest BCUT2D eigenvalue weighted by Crippen LogP contribution is 2.14. The average Bonchev–Trinajstić information content (AvgIpc) is 2.62. The third-order valence-corrected chi connectivity index (χ3v) is 2.15. The van der Waals surface area contributed by atoms with Gasteiger partial charge in [0.05, 0.1) is 6.54 Å². The summed E-state index contributed by atoms with van der Waals surface area (Å²) < 4.78 is 0. The lowest BCUT2D eigenvalue weighted by Crippen LogP contribution is -2.27. The topological polar surface area (TPSA) is 83.8 Å². The van der Waals surface area contributed by atoms with Crippen LogP contribution in [0.5, 0.6) is 0 Å².